The molecule has 0 atom stereocenters. The van der Waals surface area contributed by atoms with Gasteiger partial charge < -0.3 is 0 Å². The van der Waals surface area contributed by atoms with Crippen LogP contribution in [0.15, 0.2) is 52.5 Å². The Bertz CT molecular complexity index is 781. The Hall–Kier alpha value is -2.14. The standard InChI is InChI=1S/C16H18N2O2S/c1-12-5-4-6-15(10-12)11-17-18-21(19,20)16-8-7-13(2)9-14(16)3/h4-11,18H,1-3H3/b17-11+. The molecule has 110 valence electrons. The highest BCUT2D eigenvalue weighted by Crippen LogP contribution is 2.16. The van der Waals surface area contributed by atoms with Crippen molar-refractivity contribution in [2.75, 3.05) is 0 Å². The molecule has 0 heterocycles. The quantitative estimate of drug-likeness (QED) is 0.697. The molecule has 0 fully saturated rings. The van der Waals surface area contributed by atoms with E-state index in [1.807, 2.05) is 44.2 Å². The summed E-state index contributed by atoms with van der Waals surface area (Å²) in [6.45, 7) is 5.66. The van der Waals surface area contributed by atoms with Gasteiger partial charge in [0, 0.05) is 0 Å². The number of rotatable bonds is 4. The predicted octanol–water partition coefficient (Wildman–Crippen LogP) is 2.92. The van der Waals surface area contributed by atoms with Crippen LogP contribution in [0.5, 0.6) is 0 Å². The maximum Gasteiger partial charge on any atom is 0.276 e. The SMILES string of the molecule is Cc1cccc(/C=N/NS(=O)(=O)c2ccc(C)cc2C)c1. The first-order chi connectivity index (χ1) is 9.88. The van der Waals surface area contributed by atoms with Gasteiger partial charge in [0.05, 0.1) is 11.1 Å². The second-order valence-electron chi connectivity index (χ2n) is 5.04. The highest BCUT2D eigenvalue weighted by Gasteiger charge is 2.15. The van der Waals surface area contributed by atoms with Crippen molar-refractivity contribution in [2.45, 2.75) is 25.7 Å². The van der Waals surface area contributed by atoms with Crippen LogP contribution in [0, 0.1) is 20.8 Å². The first-order valence-corrected chi connectivity index (χ1v) is 8.05. The molecule has 0 aromatic heterocycles. The molecule has 2 aromatic carbocycles. The molecule has 2 aromatic rings. The second-order valence-corrected chi connectivity index (χ2v) is 6.67. The van der Waals surface area contributed by atoms with Crippen LogP contribution < -0.4 is 4.83 Å². The van der Waals surface area contributed by atoms with Crippen molar-refractivity contribution in [2.24, 2.45) is 5.10 Å². The maximum absolute atomic E-state index is 12.2. The summed E-state index contributed by atoms with van der Waals surface area (Å²) in [6.07, 6.45) is 1.49. The summed E-state index contributed by atoms with van der Waals surface area (Å²) in [7, 11) is -3.64. The van der Waals surface area contributed by atoms with E-state index in [0.29, 0.717) is 5.56 Å². The molecule has 0 saturated carbocycles. The van der Waals surface area contributed by atoms with E-state index in [1.54, 1.807) is 19.1 Å². The minimum Gasteiger partial charge on any atom is -0.200 e. The van der Waals surface area contributed by atoms with Gasteiger partial charge in [-0.05, 0) is 38.0 Å². The van der Waals surface area contributed by atoms with Crippen LogP contribution in [0.2, 0.25) is 0 Å². The molecular formula is C16H18N2O2S. The van der Waals surface area contributed by atoms with Gasteiger partial charge in [0.1, 0.15) is 0 Å². The summed E-state index contributed by atoms with van der Waals surface area (Å²) in [6, 6.07) is 12.9. The third-order valence-corrected chi connectivity index (χ3v) is 4.43. The van der Waals surface area contributed by atoms with Gasteiger partial charge in [-0.3, -0.25) is 0 Å². The lowest BCUT2D eigenvalue weighted by Crippen LogP contribution is -2.19. The molecule has 21 heavy (non-hydrogen) atoms. The lowest BCUT2D eigenvalue weighted by atomic mass is 10.2. The van der Waals surface area contributed by atoms with E-state index in [1.165, 1.54) is 6.21 Å². The largest absolute Gasteiger partial charge is 0.276 e. The zero-order chi connectivity index (χ0) is 15.5. The summed E-state index contributed by atoms with van der Waals surface area (Å²) < 4.78 is 24.4. The predicted molar refractivity (Wildman–Crippen MR) is 85.0 cm³/mol. The molecule has 0 spiro atoms. The van der Waals surface area contributed by atoms with Crippen molar-refractivity contribution in [1.29, 1.82) is 0 Å². The number of aryl methyl sites for hydroxylation is 3. The van der Waals surface area contributed by atoms with E-state index in [0.717, 1.165) is 16.7 Å². The molecule has 5 heteroatoms. The van der Waals surface area contributed by atoms with E-state index < -0.39 is 10.0 Å². The molecule has 0 radical (unpaired) electrons. The lowest BCUT2D eigenvalue weighted by Gasteiger charge is -2.07. The first kappa shape index (κ1) is 15.3. The monoisotopic (exact) mass is 302 g/mol. The van der Waals surface area contributed by atoms with Crippen molar-refractivity contribution < 1.29 is 8.42 Å². The van der Waals surface area contributed by atoms with Crippen LogP contribution in [0.25, 0.3) is 0 Å². The molecular weight excluding hydrogens is 284 g/mol. The smallest absolute Gasteiger partial charge is 0.200 e. The Morgan fingerprint density at radius 1 is 1.00 bits per heavy atom. The van der Waals surface area contributed by atoms with Gasteiger partial charge in [0.15, 0.2) is 0 Å². The second kappa shape index (κ2) is 6.10. The van der Waals surface area contributed by atoms with E-state index in [2.05, 4.69) is 9.93 Å². The van der Waals surface area contributed by atoms with Gasteiger partial charge in [0.25, 0.3) is 10.0 Å². The third-order valence-electron chi connectivity index (χ3n) is 3.05. The average Bonchev–Trinajstić information content (AvgIpc) is 2.38. The minimum absolute atomic E-state index is 0.245. The average molecular weight is 302 g/mol. The Labute approximate surface area is 125 Å². The normalized spacial score (nSPS) is 11.8. The molecule has 0 bridgehead atoms. The fraction of sp³-hybridized carbons (Fsp3) is 0.188. The molecule has 0 amide bonds. The van der Waals surface area contributed by atoms with E-state index >= 15 is 0 Å². The molecule has 0 aliphatic heterocycles. The van der Waals surface area contributed by atoms with Crippen LogP contribution in [0.3, 0.4) is 0 Å². The Morgan fingerprint density at radius 2 is 1.71 bits per heavy atom. The third kappa shape index (κ3) is 3.92. The lowest BCUT2D eigenvalue weighted by molar-refractivity contribution is 0.584. The van der Waals surface area contributed by atoms with Gasteiger partial charge >= 0.3 is 0 Å². The number of hydrogen-bond acceptors (Lipinski definition) is 3. The van der Waals surface area contributed by atoms with Gasteiger partial charge in [-0.2, -0.15) is 13.5 Å². The van der Waals surface area contributed by atoms with Gasteiger partial charge in [0.2, 0.25) is 0 Å². The number of benzene rings is 2. The summed E-state index contributed by atoms with van der Waals surface area (Å²) >= 11 is 0. The van der Waals surface area contributed by atoms with Crippen LogP contribution in [-0.4, -0.2) is 14.6 Å². The van der Waals surface area contributed by atoms with Crippen molar-refractivity contribution >= 4 is 16.2 Å². The molecule has 4 nitrogen and oxygen atoms in total. The maximum atomic E-state index is 12.2. The van der Waals surface area contributed by atoms with Crippen LogP contribution in [0.4, 0.5) is 0 Å². The van der Waals surface area contributed by atoms with Gasteiger partial charge in [-0.25, -0.2) is 4.83 Å². The Kier molecular flexibility index (Phi) is 4.43. The minimum atomic E-state index is -3.64. The van der Waals surface area contributed by atoms with Crippen LogP contribution in [-0.2, 0) is 10.0 Å². The van der Waals surface area contributed by atoms with Crippen molar-refractivity contribution in [3.63, 3.8) is 0 Å². The van der Waals surface area contributed by atoms with Crippen molar-refractivity contribution in [3.05, 3.63) is 64.7 Å². The summed E-state index contributed by atoms with van der Waals surface area (Å²) in [5, 5.41) is 3.83. The molecule has 0 aliphatic rings. The van der Waals surface area contributed by atoms with Crippen LogP contribution in [0.1, 0.15) is 22.3 Å². The number of hydrazone groups is 1. The fourth-order valence-corrected chi connectivity index (χ4v) is 3.09. The van der Waals surface area contributed by atoms with Gasteiger partial charge in [-0.1, -0.05) is 47.5 Å². The highest BCUT2D eigenvalue weighted by atomic mass is 32.2. The molecule has 1 N–H and O–H groups in total. The number of hydrogen-bond donors (Lipinski definition) is 1. The van der Waals surface area contributed by atoms with Crippen LogP contribution >= 0.6 is 0 Å². The first-order valence-electron chi connectivity index (χ1n) is 6.57. The van der Waals surface area contributed by atoms with E-state index in [-0.39, 0.29) is 4.90 Å². The van der Waals surface area contributed by atoms with E-state index in [4.69, 9.17) is 0 Å². The zero-order valence-corrected chi connectivity index (χ0v) is 13.1. The highest BCUT2D eigenvalue weighted by molar-refractivity contribution is 7.89. The summed E-state index contributed by atoms with van der Waals surface area (Å²) in [5.74, 6) is 0. The van der Waals surface area contributed by atoms with Crippen molar-refractivity contribution in [3.8, 4) is 0 Å². The fourth-order valence-electron chi connectivity index (χ4n) is 2.07. The van der Waals surface area contributed by atoms with Crippen molar-refractivity contribution in [1.82, 2.24) is 4.83 Å². The molecule has 0 aliphatic carbocycles. The molecule has 0 unspecified atom stereocenters. The van der Waals surface area contributed by atoms with E-state index in [9.17, 15) is 8.42 Å². The Balaban J connectivity index is 2.18. The molecule has 0 saturated heterocycles. The summed E-state index contributed by atoms with van der Waals surface area (Å²) in [4.78, 5) is 2.49. The Morgan fingerprint density at radius 3 is 2.38 bits per heavy atom. The molecule has 2 rings (SSSR count). The number of sulfonamides is 1. The van der Waals surface area contributed by atoms with Gasteiger partial charge in [-0.15, -0.1) is 0 Å². The summed E-state index contributed by atoms with van der Waals surface area (Å²) in [5.41, 5.74) is 3.66. The topological polar surface area (TPSA) is 58.5 Å². The number of nitrogens with one attached hydrogen (secondary N) is 1. The number of nitrogens with zero attached hydrogens (tertiary/aromatic N) is 1. The zero-order valence-electron chi connectivity index (χ0n) is 12.3.